The third kappa shape index (κ3) is 12.7. The number of rotatable bonds is 15. The van der Waals surface area contributed by atoms with Gasteiger partial charge in [-0.25, -0.2) is 4.68 Å². The fourth-order valence-corrected chi connectivity index (χ4v) is 5.77. The van der Waals surface area contributed by atoms with E-state index >= 15 is 0 Å². The Morgan fingerprint density at radius 1 is 0.704 bits per heavy atom. The van der Waals surface area contributed by atoms with Gasteiger partial charge in [-0.2, -0.15) is 0 Å². The van der Waals surface area contributed by atoms with Gasteiger partial charge in [0.15, 0.2) is 36.9 Å². The van der Waals surface area contributed by atoms with Crippen molar-refractivity contribution in [1.82, 2.24) is 25.6 Å². The first-order chi connectivity index (χ1) is 25.4. The van der Waals surface area contributed by atoms with Crippen LogP contribution in [0, 0.1) is 0 Å². The van der Waals surface area contributed by atoms with Crippen LogP contribution in [0.15, 0.2) is 6.20 Å². The highest BCUT2D eigenvalue weighted by atomic mass is 79.9. The van der Waals surface area contributed by atoms with Gasteiger partial charge in [-0.05, 0) is 0 Å². The molecule has 23 heteroatoms. The largest absolute Gasteiger partial charge is 0.463 e. The minimum absolute atomic E-state index is 0.0281. The van der Waals surface area contributed by atoms with E-state index in [9.17, 15) is 38.4 Å². The first kappa shape index (κ1) is 43.7. The van der Waals surface area contributed by atoms with Crippen molar-refractivity contribution in [2.24, 2.45) is 0 Å². The Morgan fingerprint density at radius 3 is 1.74 bits per heavy atom. The van der Waals surface area contributed by atoms with Gasteiger partial charge in [0.2, 0.25) is 11.8 Å². The first-order valence-corrected chi connectivity index (χ1v) is 17.4. The summed E-state index contributed by atoms with van der Waals surface area (Å²) in [5, 5.41) is 13.4. The predicted octanol–water partition coefficient (Wildman–Crippen LogP) is -1.35. The zero-order valence-electron chi connectivity index (χ0n) is 30.3. The first-order valence-electron chi connectivity index (χ1n) is 16.3. The van der Waals surface area contributed by atoms with Crippen molar-refractivity contribution in [2.75, 3.05) is 18.5 Å². The Hall–Kier alpha value is -4.74. The third-order valence-electron chi connectivity index (χ3n) is 7.43. The van der Waals surface area contributed by atoms with E-state index in [0.29, 0.717) is 0 Å². The lowest BCUT2D eigenvalue weighted by Gasteiger charge is -2.49. The normalized spacial score (nSPS) is 27.7. The van der Waals surface area contributed by atoms with Crippen molar-refractivity contribution in [1.29, 1.82) is 0 Å². The molecule has 3 rings (SSSR count). The van der Waals surface area contributed by atoms with E-state index in [4.69, 9.17) is 42.6 Å². The number of amides is 2. The second-order valence-corrected chi connectivity index (χ2v) is 12.5. The number of carbonyl (C=O) groups is 8. The molecule has 0 unspecified atom stereocenters. The Bertz CT molecular complexity index is 1560. The van der Waals surface area contributed by atoms with E-state index in [0.717, 1.165) is 41.5 Å². The van der Waals surface area contributed by atoms with E-state index in [2.05, 4.69) is 36.9 Å². The summed E-state index contributed by atoms with van der Waals surface area (Å²) in [7, 11) is 0. The van der Waals surface area contributed by atoms with Crippen molar-refractivity contribution < 1.29 is 81.0 Å². The van der Waals surface area contributed by atoms with Crippen LogP contribution in [0.3, 0.4) is 0 Å². The molecule has 0 radical (unpaired) electrons. The lowest BCUT2D eigenvalue weighted by Crippen LogP contribution is -2.67. The number of hydrogen-bond donors (Lipinski definition) is 2. The molecule has 3 heterocycles. The van der Waals surface area contributed by atoms with Gasteiger partial charge in [-0.3, -0.25) is 38.4 Å². The summed E-state index contributed by atoms with van der Waals surface area (Å²) in [6.45, 7) is 6.39. The molecule has 2 fully saturated rings. The van der Waals surface area contributed by atoms with Gasteiger partial charge in [0.1, 0.15) is 43.3 Å². The minimum Gasteiger partial charge on any atom is -0.463 e. The maximum Gasteiger partial charge on any atom is 0.303 e. The van der Waals surface area contributed by atoms with Crippen LogP contribution in [0.5, 0.6) is 0 Å². The summed E-state index contributed by atoms with van der Waals surface area (Å²) < 4.78 is 52.5. The van der Waals surface area contributed by atoms with Crippen LogP contribution >= 0.6 is 15.9 Å². The molecule has 54 heavy (non-hydrogen) atoms. The molecule has 1 aromatic rings. The third-order valence-corrected chi connectivity index (χ3v) is 7.94. The number of aromatic nitrogens is 3. The zero-order valence-corrected chi connectivity index (χ0v) is 31.9. The van der Waals surface area contributed by atoms with Gasteiger partial charge in [0, 0.05) is 48.5 Å². The quantitative estimate of drug-likeness (QED) is 0.117. The van der Waals surface area contributed by atoms with Crippen LogP contribution in [0.25, 0.3) is 0 Å². The second kappa shape index (κ2) is 20.1. The zero-order chi connectivity index (χ0) is 40.3. The fourth-order valence-electron chi connectivity index (χ4n) is 5.57. The average molecular weight is 837 g/mol. The topological polar surface area (TPSA) is 274 Å². The Kier molecular flexibility index (Phi) is 16.2. The Morgan fingerprint density at radius 2 is 1.22 bits per heavy atom. The summed E-state index contributed by atoms with van der Waals surface area (Å²) >= 11 is 3.05. The Labute approximate surface area is 316 Å². The van der Waals surface area contributed by atoms with Crippen LogP contribution in [0.4, 0.5) is 0 Å². The number of halogens is 1. The average Bonchev–Trinajstić information content (AvgIpc) is 3.54. The Balaban J connectivity index is 2.17. The number of ether oxygens (including phenoxy) is 9. The molecule has 2 N–H and O–H groups in total. The van der Waals surface area contributed by atoms with E-state index in [1.165, 1.54) is 17.8 Å². The van der Waals surface area contributed by atoms with E-state index in [1.807, 2.05) is 0 Å². The second-order valence-electron chi connectivity index (χ2n) is 11.9. The highest BCUT2D eigenvalue weighted by molar-refractivity contribution is 9.09. The maximum atomic E-state index is 12.7. The molecule has 2 saturated heterocycles. The smallest absolute Gasteiger partial charge is 0.303 e. The van der Waals surface area contributed by atoms with Gasteiger partial charge < -0.3 is 53.3 Å². The molecular formula is C31H42BrN5O17. The monoisotopic (exact) mass is 835 g/mol. The number of nitrogens with one attached hydrogen (secondary N) is 2. The standard InChI is InChI=1S/C31H42BrN5O17/c1-13(38)34-24-27(49-17(5)42)25(21(11-46-14(2)39)52-30(24)37-10-20(35-36-37)9-33-23(45)8-32)54-31-29(51-19(7)44)28(50-18(6)43)26(48-16(4)41)22(53-31)12-47-15(3)40/h10,21-22,24-31H,8-9,11-12H2,1-7H3,(H,33,45)(H,34,38)/t21-,22-,24-,25-,26+,27-,28+,29-,30-,31+/m1/s1. The van der Waals surface area contributed by atoms with Crippen molar-refractivity contribution in [3.05, 3.63) is 11.9 Å². The number of carbonyl (C=O) groups excluding carboxylic acids is 8. The molecule has 0 saturated carbocycles. The molecule has 0 aromatic carbocycles. The SMILES string of the molecule is CC(=O)N[C@@H]1[C@@H](OC(C)=O)[C@H](O[C@@H]2O[C@H](COC(C)=O)[C@H](OC(C)=O)[C@H](OC(C)=O)[C@H]2OC(C)=O)[C@@H](COC(C)=O)O[C@H]1n1cc(CNC(=O)CBr)nn1. The number of nitrogens with zero attached hydrogens (tertiary/aromatic N) is 3. The molecule has 2 amide bonds. The molecule has 10 atom stereocenters. The van der Waals surface area contributed by atoms with Crippen LogP contribution in [-0.4, -0.2) is 136 Å². The molecule has 0 spiro atoms. The molecule has 0 bridgehead atoms. The van der Waals surface area contributed by atoms with Crippen molar-refractivity contribution >= 4 is 63.6 Å². The van der Waals surface area contributed by atoms with Crippen molar-refractivity contribution in [2.45, 2.75) is 116 Å². The van der Waals surface area contributed by atoms with Gasteiger partial charge in [0.05, 0.1) is 18.1 Å². The van der Waals surface area contributed by atoms with Gasteiger partial charge in [-0.1, -0.05) is 21.1 Å². The lowest BCUT2D eigenvalue weighted by molar-refractivity contribution is -0.342. The summed E-state index contributed by atoms with van der Waals surface area (Å²) in [4.78, 5) is 97.9. The number of hydrogen-bond acceptors (Lipinski definition) is 19. The van der Waals surface area contributed by atoms with Crippen molar-refractivity contribution in [3.8, 4) is 0 Å². The lowest BCUT2D eigenvalue weighted by atomic mass is 9.94. The summed E-state index contributed by atoms with van der Waals surface area (Å²) in [6, 6.07) is -1.33. The summed E-state index contributed by atoms with van der Waals surface area (Å²) in [6.07, 6.45) is -12.5. The van der Waals surface area contributed by atoms with E-state index in [-0.39, 0.29) is 23.5 Å². The van der Waals surface area contributed by atoms with Crippen LogP contribution in [0.1, 0.15) is 60.4 Å². The fraction of sp³-hybridized carbons (Fsp3) is 0.677. The molecule has 2 aliphatic rings. The summed E-state index contributed by atoms with van der Waals surface area (Å²) in [5.74, 6) is -6.03. The van der Waals surface area contributed by atoms with E-state index in [1.54, 1.807) is 0 Å². The summed E-state index contributed by atoms with van der Waals surface area (Å²) in [5.41, 5.74) is 0.269. The molecule has 300 valence electrons. The molecule has 22 nitrogen and oxygen atoms in total. The van der Waals surface area contributed by atoms with Gasteiger partial charge in [0.25, 0.3) is 0 Å². The van der Waals surface area contributed by atoms with Crippen LogP contribution in [-0.2, 0) is 87.5 Å². The molecule has 1 aromatic heterocycles. The van der Waals surface area contributed by atoms with E-state index < -0.39 is 116 Å². The molecule has 0 aliphatic carbocycles. The van der Waals surface area contributed by atoms with Gasteiger partial charge >= 0.3 is 35.8 Å². The number of esters is 6. The molecular weight excluding hydrogens is 794 g/mol. The molecule has 2 aliphatic heterocycles. The maximum absolute atomic E-state index is 12.7. The minimum atomic E-state index is -1.80. The van der Waals surface area contributed by atoms with Crippen molar-refractivity contribution in [3.63, 3.8) is 0 Å². The van der Waals surface area contributed by atoms with Crippen LogP contribution < -0.4 is 10.6 Å². The highest BCUT2D eigenvalue weighted by Crippen LogP contribution is 2.36. The highest BCUT2D eigenvalue weighted by Gasteiger charge is 2.57. The predicted molar refractivity (Wildman–Crippen MR) is 176 cm³/mol. The van der Waals surface area contributed by atoms with Crippen LogP contribution in [0.2, 0.25) is 0 Å². The van der Waals surface area contributed by atoms with Gasteiger partial charge in [-0.15, -0.1) is 5.10 Å². The number of alkyl halides is 1.